The number of H-pyrrole nitrogens is 1. The third-order valence-electron chi connectivity index (χ3n) is 3.55. The van der Waals surface area contributed by atoms with Gasteiger partial charge in [0.25, 0.3) is 0 Å². The molecule has 29 heavy (non-hydrogen) atoms. The number of nitrogens with one attached hydrogen (secondary N) is 2. The Hall–Kier alpha value is -4.21. The smallest absolute Gasteiger partial charge is 0.417 e. The molecule has 1 heterocycles. The number of aliphatic carboxylic acids is 1. The number of hydrogen-bond acceptors (Lipinski definition) is 7. The van der Waals surface area contributed by atoms with Crippen molar-refractivity contribution < 1.29 is 33.8 Å². The summed E-state index contributed by atoms with van der Waals surface area (Å²) in [6, 6.07) is 14.2. The summed E-state index contributed by atoms with van der Waals surface area (Å²) < 4.78 is 8.28. The van der Waals surface area contributed by atoms with Crippen LogP contribution in [-0.2, 0) is 19.1 Å². The van der Waals surface area contributed by atoms with Crippen LogP contribution >= 0.6 is 0 Å². The molecule has 0 spiro atoms. The number of esters is 1. The summed E-state index contributed by atoms with van der Waals surface area (Å²) in [5.74, 6) is -2.60. The van der Waals surface area contributed by atoms with Crippen molar-refractivity contribution in [3.63, 3.8) is 0 Å². The minimum atomic E-state index is -1.57. The molecule has 0 aliphatic heterocycles. The molecule has 0 fully saturated rings. The fourth-order valence-electron chi connectivity index (χ4n) is 2.20. The van der Waals surface area contributed by atoms with E-state index in [9.17, 15) is 19.2 Å². The minimum Gasteiger partial charge on any atom is -0.473 e. The zero-order valence-electron chi connectivity index (χ0n) is 15.5. The van der Waals surface area contributed by atoms with Crippen molar-refractivity contribution in [1.82, 2.24) is 9.97 Å². The highest BCUT2D eigenvalue weighted by atomic mass is 16.6. The average Bonchev–Trinajstić information content (AvgIpc) is 3.14. The molecule has 3 N–H and O–H groups in total. The average molecular weight is 399 g/mol. The molecule has 3 rings (SSSR count). The van der Waals surface area contributed by atoms with Crippen molar-refractivity contribution in [1.29, 1.82) is 0 Å². The van der Waals surface area contributed by atoms with Crippen molar-refractivity contribution >= 4 is 40.8 Å². The first-order valence-electron chi connectivity index (χ1n) is 8.11. The second kappa shape index (κ2) is 9.65. The maximum Gasteiger partial charge on any atom is 0.417 e. The second-order valence-corrected chi connectivity index (χ2v) is 5.43. The Morgan fingerprint density at radius 2 is 1.66 bits per heavy atom. The van der Waals surface area contributed by atoms with Gasteiger partial charge in [0, 0.05) is 11.1 Å². The van der Waals surface area contributed by atoms with E-state index in [0.717, 1.165) is 7.11 Å². The Morgan fingerprint density at radius 3 is 2.21 bits per heavy atom. The maximum atomic E-state index is 12.4. The Balaban J connectivity index is 0.000000370. The van der Waals surface area contributed by atoms with Crippen LogP contribution in [0.3, 0.4) is 0 Å². The third-order valence-corrected chi connectivity index (χ3v) is 3.55. The van der Waals surface area contributed by atoms with Gasteiger partial charge in [0.15, 0.2) is 5.78 Å². The van der Waals surface area contributed by atoms with Gasteiger partial charge >= 0.3 is 18.0 Å². The molecule has 10 nitrogen and oxygen atoms in total. The van der Waals surface area contributed by atoms with E-state index in [1.54, 1.807) is 30.3 Å². The van der Waals surface area contributed by atoms with Crippen LogP contribution in [0.4, 0.5) is 10.7 Å². The molecule has 3 aromatic rings. The summed E-state index contributed by atoms with van der Waals surface area (Å²) in [6.45, 7) is 0. The number of aromatic amines is 1. The van der Waals surface area contributed by atoms with Crippen LogP contribution in [-0.4, -0.2) is 53.1 Å². The number of ketones is 1. The van der Waals surface area contributed by atoms with Crippen LogP contribution in [0.1, 0.15) is 15.9 Å². The van der Waals surface area contributed by atoms with Crippen LogP contribution in [0.15, 0.2) is 48.5 Å². The Labute approximate surface area is 164 Å². The number of ether oxygens (including phenoxy) is 2. The second-order valence-electron chi connectivity index (χ2n) is 5.43. The molecule has 2 aromatic carbocycles. The van der Waals surface area contributed by atoms with Crippen molar-refractivity contribution in [2.45, 2.75) is 0 Å². The summed E-state index contributed by atoms with van der Waals surface area (Å²) in [7, 11) is 2.28. The number of fused-ring (bicyclic) bond motifs is 1. The molecule has 0 saturated carbocycles. The number of methoxy groups -OCH3 is 2. The van der Waals surface area contributed by atoms with Gasteiger partial charge in [-0.15, -0.1) is 0 Å². The van der Waals surface area contributed by atoms with Gasteiger partial charge in [-0.3, -0.25) is 10.1 Å². The number of carboxylic acid groups (broad SMARTS) is 1. The van der Waals surface area contributed by atoms with E-state index in [-0.39, 0.29) is 11.7 Å². The summed E-state index contributed by atoms with van der Waals surface area (Å²) in [4.78, 5) is 49.8. The van der Waals surface area contributed by atoms with E-state index in [1.165, 1.54) is 7.11 Å². The van der Waals surface area contributed by atoms with E-state index >= 15 is 0 Å². The van der Waals surface area contributed by atoms with E-state index in [0.29, 0.717) is 22.2 Å². The molecule has 0 aliphatic carbocycles. The Morgan fingerprint density at radius 1 is 0.966 bits per heavy atom. The molecule has 0 radical (unpaired) electrons. The minimum absolute atomic E-state index is 0.0698. The number of carbonyl (C=O) groups excluding carboxylic acids is 3. The summed E-state index contributed by atoms with van der Waals surface area (Å²) in [5.41, 5.74) is 2.48. The molecule has 0 saturated heterocycles. The van der Waals surface area contributed by atoms with Gasteiger partial charge in [0.1, 0.15) is 0 Å². The number of anilines is 1. The molecule has 10 heteroatoms. The molecule has 0 aliphatic rings. The number of amides is 1. The van der Waals surface area contributed by atoms with Crippen LogP contribution in [0.5, 0.6) is 0 Å². The molecule has 1 amide bonds. The highest BCUT2D eigenvalue weighted by Crippen LogP contribution is 2.18. The van der Waals surface area contributed by atoms with E-state index in [2.05, 4.69) is 24.8 Å². The lowest BCUT2D eigenvalue weighted by atomic mass is 10.0. The number of carboxylic acids is 1. The number of carbonyl (C=O) groups is 4. The lowest BCUT2D eigenvalue weighted by molar-refractivity contribution is -0.161. The van der Waals surface area contributed by atoms with Crippen LogP contribution in [0.2, 0.25) is 0 Å². The topological polar surface area (TPSA) is 148 Å². The summed E-state index contributed by atoms with van der Waals surface area (Å²) in [5, 5.41) is 10.2. The van der Waals surface area contributed by atoms with Gasteiger partial charge in [-0.25, -0.2) is 19.4 Å². The lowest BCUT2D eigenvalue weighted by Crippen LogP contribution is -2.13. The Bertz CT molecular complexity index is 1040. The molecule has 0 bridgehead atoms. The van der Waals surface area contributed by atoms with E-state index in [1.807, 2.05) is 18.2 Å². The van der Waals surface area contributed by atoms with E-state index < -0.39 is 18.0 Å². The number of aromatic nitrogens is 2. The van der Waals surface area contributed by atoms with Crippen molar-refractivity contribution in [3.05, 3.63) is 59.7 Å². The molecule has 0 atom stereocenters. The normalized spacial score (nSPS) is 9.72. The molecule has 150 valence electrons. The Kier molecular flexibility index (Phi) is 7.02. The van der Waals surface area contributed by atoms with Crippen LogP contribution in [0, 0.1) is 0 Å². The quantitative estimate of drug-likeness (QED) is 0.345. The monoisotopic (exact) mass is 399 g/mol. The fourth-order valence-corrected chi connectivity index (χ4v) is 2.20. The molecular weight excluding hydrogens is 382 g/mol. The third kappa shape index (κ3) is 5.63. The summed E-state index contributed by atoms with van der Waals surface area (Å²) in [6.07, 6.45) is -0.611. The van der Waals surface area contributed by atoms with Crippen LogP contribution in [0.25, 0.3) is 11.0 Å². The van der Waals surface area contributed by atoms with Crippen LogP contribution < -0.4 is 5.32 Å². The number of imidazole rings is 1. The first-order valence-corrected chi connectivity index (χ1v) is 8.11. The number of nitrogens with zero attached hydrogens (tertiary/aromatic N) is 1. The predicted molar refractivity (Wildman–Crippen MR) is 102 cm³/mol. The first kappa shape index (κ1) is 21.1. The predicted octanol–water partition coefficient (Wildman–Crippen LogP) is 2.22. The SMILES string of the molecule is COC(=O)C(=O)O.COC(=O)Nc1nc2ccc(C(=O)c3ccccc3)cc2[nH]1. The number of rotatable bonds is 3. The number of hydrogen-bond donors (Lipinski definition) is 3. The fraction of sp³-hybridized carbons (Fsp3) is 0.105. The molecule has 1 aromatic heterocycles. The van der Waals surface area contributed by atoms with Gasteiger partial charge in [0.05, 0.1) is 25.3 Å². The van der Waals surface area contributed by atoms with Gasteiger partial charge in [-0.1, -0.05) is 30.3 Å². The van der Waals surface area contributed by atoms with Crippen molar-refractivity contribution in [3.8, 4) is 0 Å². The van der Waals surface area contributed by atoms with Gasteiger partial charge in [-0.05, 0) is 18.2 Å². The van der Waals surface area contributed by atoms with E-state index in [4.69, 9.17) is 5.11 Å². The van der Waals surface area contributed by atoms with Gasteiger partial charge in [-0.2, -0.15) is 0 Å². The molecular formula is C19H17N3O7. The highest BCUT2D eigenvalue weighted by Gasteiger charge is 2.12. The molecule has 0 unspecified atom stereocenters. The maximum absolute atomic E-state index is 12.4. The lowest BCUT2D eigenvalue weighted by Gasteiger charge is -2.00. The summed E-state index contributed by atoms with van der Waals surface area (Å²) >= 11 is 0. The van der Waals surface area contributed by atoms with Gasteiger partial charge in [0.2, 0.25) is 5.95 Å². The first-order chi connectivity index (χ1) is 13.8. The zero-order valence-corrected chi connectivity index (χ0v) is 15.5. The number of benzene rings is 2. The zero-order chi connectivity index (χ0) is 21.4. The largest absolute Gasteiger partial charge is 0.473 e. The van der Waals surface area contributed by atoms with Crippen molar-refractivity contribution in [2.75, 3.05) is 19.5 Å². The highest BCUT2D eigenvalue weighted by molar-refractivity contribution is 6.28. The van der Waals surface area contributed by atoms with Gasteiger partial charge < -0.3 is 19.6 Å². The standard InChI is InChI=1S/C16H13N3O3.C3H4O4/c1-22-16(21)19-15-17-12-8-7-11(9-13(12)18-15)14(20)10-5-3-2-4-6-10;1-7-3(6)2(4)5/h2-9H,1H3,(H2,17,18,19,21);1H3,(H,4,5). The van der Waals surface area contributed by atoms with Crippen molar-refractivity contribution in [2.24, 2.45) is 0 Å².